The Morgan fingerprint density at radius 3 is 1.48 bits per heavy atom. The van der Waals surface area contributed by atoms with Gasteiger partial charge < -0.3 is 9.84 Å². The molecule has 0 unspecified atom stereocenters. The van der Waals surface area contributed by atoms with Gasteiger partial charge in [-0.15, -0.1) is 0 Å². The van der Waals surface area contributed by atoms with Crippen LogP contribution < -0.4 is 0 Å². The minimum Gasteiger partial charge on any atom is -0.466 e. The molecule has 0 rings (SSSR count). The van der Waals surface area contributed by atoms with Crippen molar-refractivity contribution in [3.05, 3.63) is 24.3 Å². The fourth-order valence-corrected chi connectivity index (χ4v) is 2.94. The van der Waals surface area contributed by atoms with Crippen molar-refractivity contribution in [2.75, 3.05) is 13.2 Å². The van der Waals surface area contributed by atoms with Gasteiger partial charge in [0.25, 0.3) is 0 Å². The number of hydrogen-bond acceptors (Lipinski definition) is 3. The lowest BCUT2D eigenvalue weighted by Crippen LogP contribution is -1.99. The van der Waals surface area contributed by atoms with E-state index in [2.05, 4.69) is 38.2 Å². The lowest BCUT2D eigenvalue weighted by atomic mass is 10.1. The van der Waals surface area contributed by atoms with Gasteiger partial charge in [-0.3, -0.25) is 4.79 Å². The topological polar surface area (TPSA) is 46.5 Å². The fraction of sp³-hybridized carbons (Fsp3) is 0.808. The molecule has 0 radical (unpaired) electrons. The summed E-state index contributed by atoms with van der Waals surface area (Å²) >= 11 is 0. The summed E-state index contributed by atoms with van der Waals surface area (Å²) in [6.07, 6.45) is 28.7. The maximum Gasteiger partial charge on any atom is 0.302 e. The first-order chi connectivity index (χ1) is 14.2. The molecular weight excluding hydrogens is 360 g/mol. The number of unbranched alkanes of at least 4 members (excludes halogenated alkanes) is 12. The first-order valence-corrected chi connectivity index (χ1v) is 12.2. The summed E-state index contributed by atoms with van der Waals surface area (Å²) in [6, 6.07) is 0. The zero-order valence-electron chi connectivity index (χ0n) is 19.8. The highest BCUT2D eigenvalue weighted by Gasteiger charge is 1.93. The third-order valence-corrected chi connectivity index (χ3v) is 4.65. The maximum absolute atomic E-state index is 10.5. The van der Waals surface area contributed by atoms with E-state index in [1.807, 2.05) is 0 Å². The van der Waals surface area contributed by atoms with Crippen LogP contribution >= 0.6 is 0 Å². The number of rotatable bonds is 19. The van der Waals surface area contributed by atoms with Gasteiger partial charge in [0.1, 0.15) is 0 Å². The molecule has 0 saturated heterocycles. The highest BCUT2D eigenvalue weighted by molar-refractivity contribution is 5.65. The van der Waals surface area contributed by atoms with Crippen LogP contribution in [-0.2, 0) is 9.53 Å². The van der Waals surface area contributed by atoms with Crippen LogP contribution in [0.5, 0.6) is 0 Å². The van der Waals surface area contributed by atoms with Crippen LogP contribution in [-0.4, -0.2) is 24.3 Å². The molecule has 0 heterocycles. The second kappa shape index (κ2) is 29.1. The van der Waals surface area contributed by atoms with Crippen molar-refractivity contribution in [3.8, 4) is 0 Å². The number of carbonyl (C=O) groups is 1. The molecule has 0 amide bonds. The molecule has 0 aliphatic rings. The van der Waals surface area contributed by atoms with Crippen molar-refractivity contribution in [2.45, 2.75) is 124 Å². The quantitative estimate of drug-likeness (QED) is 0.134. The fourth-order valence-electron chi connectivity index (χ4n) is 2.94. The zero-order valence-corrected chi connectivity index (χ0v) is 19.8. The number of aliphatic hydroxyl groups is 1. The Morgan fingerprint density at radius 1 is 0.655 bits per heavy atom. The first kappa shape index (κ1) is 30.1. The SMILES string of the molecule is CC/C=C\CCCCCCCCO.CC/C=C\CCCCCCCCOC(C)=O. The van der Waals surface area contributed by atoms with Gasteiger partial charge in [0.2, 0.25) is 0 Å². The van der Waals surface area contributed by atoms with Crippen molar-refractivity contribution < 1.29 is 14.6 Å². The van der Waals surface area contributed by atoms with Crippen molar-refractivity contribution in [2.24, 2.45) is 0 Å². The van der Waals surface area contributed by atoms with Crippen molar-refractivity contribution >= 4 is 5.97 Å². The predicted octanol–water partition coefficient (Wildman–Crippen LogP) is 7.92. The molecular formula is C26H50O3. The molecule has 0 bridgehead atoms. The summed E-state index contributed by atoms with van der Waals surface area (Å²) in [5, 5.41) is 8.56. The van der Waals surface area contributed by atoms with Crippen molar-refractivity contribution in [1.29, 1.82) is 0 Å². The molecule has 0 atom stereocenters. The summed E-state index contributed by atoms with van der Waals surface area (Å²) < 4.78 is 4.87. The third-order valence-electron chi connectivity index (χ3n) is 4.65. The second-order valence-corrected chi connectivity index (χ2v) is 7.64. The number of ether oxygens (including phenoxy) is 1. The van der Waals surface area contributed by atoms with Crippen LogP contribution in [0.1, 0.15) is 124 Å². The van der Waals surface area contributed by atoms with Gasteiger partial charge in [-0.25, -0.2) is 0 Å². The summed E-state index contributed by atoms with van der Waals surface area (Å²) in [5.74, 6) is -0.164. The van der Waals surface area contributed by atoms with E-state index >= 15 is 0 Å². The van der Waals surface area contributed by atoms with Crippen molar-refractivity contribution in [3.63, 3.8) is 0 Å². The second-order valence-electron chi connectivity index (χ2n) is 7.64. The highest BCUT2D eigenvalue weighted by atomic mass is 16.5. The highest BCUT2D eigenvalue weighted by Crippen LogP contribution is 2.08. The van der Waals surface area contributed by atoms with Gasteiger partial charge in [0.05, 0.1) is 6.61 Å². The standard InChI is InChI=1S/C14H26O2.C12H24O/c1-3-4-5-6-7-8-9-10-11-12-13-16-14(2)15;1-2-3-4-5-6-7-8-9-10-11-12-13/h4-5H,3,6-13H2,1-2H3;3-4,13H,2,5-12H2,1H3/b5-4-;4-3-. The molecule has 0 fully saturated rings. The van der Waals surface area contributed by atoms with Gasteiger partial charge in [0, 0.05) is 13.5 Å². The summed E-state index contributed by atoms with van der Waals surface area (Å²) in [6.45, 7) is 6.75. The monoisotopic (exact) mass is 410 g/mol. The van der Waals surface area contributed by atoms with E-state index < -0.39 is 0 Å². The molecule has 172 valence electrons. The van der Waals surface area contributed by atoms with E-state index in [0.717, 1.165) is 25.7 Å². The molecule has 0 aromatic carbocycles. The average Bonchev–Trinajstić information content (AvgIpc) is 2.71. The van der Waals surface area contributed by atoms with E-state index in [1.54, 1.807) is 0 Å². The van der Waals surface area contributed by atoms with Crippen LogP contribution in [0.2, 0.25) is 0 Å². The molecule has 0 aliphatic carbocycles. The summed E-state index contributed by atoms with van der Waals surface area (Å²) in [4.78, 5) is 10.5. The van der Waals surface area contributed by atoms with E-state index in [1.165, 1.54) is 84.0 Å². The number of hydrogen-bond donors (Lipinski definition) is 1. The maximum atomic E-state index is 10.5. The average molecular weight is 411 g/mol. The van der Waals surface area contributed by atoms with Gasteiger partial charge in [-0.2, -0.15) is 0 Å². The van der Waals surface area contributed by atoms with E-state index in [-0.39, 0.29) is 5.97 Å². The Morgan fingerprint density at radius 2 is 1.07 bits per heavy atom. The van der Waals surface area contributed by atoms with Crippen LogP contribution in [0, 0.1) is 0 Å². The number of aliphatic hydroxyl groups excluding tert-OH is 1. The van der Waals surface area contributed by atoms with E-state index in [9.17, 15) is 4.79 Å². The molecule has 3 nitrogen and oxygen atoms in total. The molecule has 0 saturated carbocycles. The normalized spacial score (nSPS) is 11.0. The molecule has 3 heteroatoms. The Hall–Kier alpha value is -1.09. The molecule has 0 spiro atoms. The van der Waals surface area contributed by atoms with Gasteiger partial charge in [-0.1, -0.05) is 89.5 Å². The molecule has 0 aliphatic heterocycles. The Kier molecular flexibility index (Phi) is 30.2. The van der Waals surface area contributed by atoms with Crippen molar-refractivity contribution in [1.82, 2.24) is 0 Å². The molecule has 29 heavy (non-hydrogen) atoms. The smallest absolute Gasteiger partial charge is 0.302 e. The molecule has 0 aromatic rings. The van der Waals surface area contributed by atoms with Crippen LogP contribution in [0.15, 0.2) is 24.3 Å². The number of carbonyl (C=O) groups excluding carboxylic acids is 1. The Bertz CT molecular complexity index is 361. The third kappa shape index (κ3) is 34.8. The largest absolute Gasteiger partial charge is 0.466 e. The van der Waals surface area contributed by atoms with Gasteiger partial charge in [0.15, 0.2) is 0 Å². The lowest BCUT2D eigenvalue weighted by molar-refractivity contribution is -0.141. The minimum absolute atomic E-state index is 0.164. The van der Waals surface area contributed by atoms with Crippen LogP contribution in [0.3, 0.4) is 0 Å². The van der Waals surface area contributed by atoms with Gasteiger partial charge >= 0.3 is 5.97 Å². The summed E-state index contributed by atoms with van der Waals surface area (Å²) in [7, 11) is 0. The zero-order chi connectivity index (χ0) is 21.8. The number of esters is 1. The predicted molar refractivity (Wildman–Crippen MR) is 127 cm³/mol. The summed E-state index contributed by atoms with van der Waals surface area (Å²) in [5.41, 5.74) is 0. The number of allylic oxidation sites excluding steroid dienone is 4. The van der Waals surface area contributed by atoms with Crippen LogP contribution in [0.4, 0.5) is 0 Å². The van der Waals surface area contributed by atoms with Gasteiger partial charge in [-0.05, 0) is 51.4 Å². The Labute approximate surface area is 182 Å². The first-order valence-electron chi connectivity index (χ1n) is 12.2. The molecule has 1 N–H and O–H groups in total. The minimum atomic E-state index is -0.164. The van der Waals surface area contributed by atoms with E-state index in [0.29, 0.717) is 13.2 Å². The lowest BCUT2D eigenvalue weighted by Gasteiger charge is -2.01. The molecule has 0 aromatic heterocycles. The van der Waals surface area contributed by atoms with Crippen LogP contribution in [0.25, 0.3) is 0 Å². The Balaban J connectivity index is 0. The van der Waals surface area contributed by atoms with E-state index in [4.69, 9.17) is 9.84 Å².